The van der Waals surface area contributed by atoms with Gasteiger partial charge in [-0.25, -0.2) is 19.3 Å². The number of aryl methyl sites for hydroxylation is 1. The zero-order chi connectivity index (χ0) is 25.7. The third-order valence-corrected chi connectivity index (χ3v) is 4.71. The highest BCUT2D eigenvalue weighted by Crippen LogP contribution is 2.24. The fourth-order valence-corrected chi connectivity index (χ4v) is 3.14. The summed E-state index contributed by atoms with van der Waals surface area (Å²) in [6.07, 6.45) is -2.77. The fraction of sp³-hybridized carbons (Fsp3) is 0.200. The van der Waals surface area contributed by atoms with E-state index in [4.69, 9.17) is 22.7 Å². The average Bonchev–Trinajstić information content (AvgIpc) is 2.85. The van der Waals surface area contributed by atoms with Crippen LogP contribution in [-0.4, -0.2) is 41.1 Å². The molecule has 2 aromatic carbocycles. The minimum atomic E-state index is -2.17. The van der Waals surface area contributed by atoms with E-state index in [1.807, 2.05) is 0 Å². The number of nitrogens with two attached hydrogens (primary N) is 1. The highest BCUT2D eigenvalue weighted by Gasteiger charge is 2.16. The number of methoxy groups -OCH3 is 1. The van der Waals surface area contributed by atoms with Crippen molar-refractivity contribution in [2.75, 3.05) is 26.1 Å². The van der Waals surface area contributed by atoms with Crippen LogP contribution in [0.15, 0.2) is 60.7 Å². The number of rotatable bonds is 10. The number of pyridine rings is 1. The molecular formula is C25H23FN4O4. The predicted molar refractivity (Wildman–Crippen MR) is 125 cm³/mol. The zero-order valence-corrected chi connectivity index (χ0v) is 18.3. The molecule has 9 heteroatoms. The van der Waals surface area contributed by atoms with Gasteiger partial charge in [0.2, 0.25) is 11.8 Å². The van der Waals surface area contributed by atoms with Gasteiger partial charge in [-0.2, -0.15) is 0 Å². The van der Waals surface area contributed by atoms with E-state index >= 15 is 0 Å². The predicted octanol–water partition coefficient (Wildman–Crippen LogP) is 4.38. The monoisotopic (exact) mass is 464 g/mol. The Morgan fingerprint density at radius 1 is 1.00 bits per heavy atom. The number of benzene rings is 2. The fourth-order valence-electron chi connectivity index (χ4n) is 3.14. The molecule has 4 rings (SSSR count). The van der Waals surface area contributed by atoms with Crippen molar-refractivity contribution in [2.45, 2.75) is 12.8 Å². The second-order valence-electron chi connectivity index (χ2n) is 7.12. The number of Topliss-reactive ketones (excluding diaryl/α,β-unsaturated/α-hetero) is 1. The minimum Gasteiger partial charge on any atom is -0.491 e. The second-order valence-corrected chi connectivity index (χ2v) is 7.12. The van der Waals surface area contributed by atoms with Gasteiger partial charge in [0.25, 0.3) is 0 Å². The Balaban J connectivity index is 1.51. The summed E-state index contributed by atoms with van der Waals surface area (Å²) < 4.78 is 47.3. The Labute approximate surface area is 198 Å². The van der Waals surface area contributed by atoms with E-state index in [2.05, 4.69) is 15.0 Å². The van der Waals surface area contributed by atoms with Crippen molar-refractivity contribution in [1.82, 2.24) is 15.0 Å². The quantitative estimate of drug-likeness (QED) is 0.272. The van der Waals surface area contributed by atoms with E-state index in [9.17, 15) is 9.18 Å². The standard InChI is InChI=1S/C25H23FN4O4/c1-32-14-15-33-17-9-11-18(12-10-17)34-22-7-2-4-16(28-22)8-13-21(31)24-19-5-3-6-20(26)23(19)29-25(27)30-24/h2-7,9-12H,8,13-15H2,1H3,(H2,27,29,30)/i8D2. The van der Waals surface area contributed by atoms with Crippen LogP contribution in [0.3, 0.4) is 0 Å². The van der Waals surface area contributed by atoms with Gasteiger partial charge >= 0.3 is 0 Å². The lowest BCUT2D eigenvalue weighted by Crippen LogP contribution is -2.09. The number of carbonyl (C=O) groups is 1. The van der Waals surface area contributed by atoms with Gasteiger partial charge in [0.1, 0.15) is 35.1 Å². The number of fused-ring (bicyclic) bond motifs is 1. The molecule has 0 bridgehead atoms. The smallest absolute Gasteiger partial charge is 0.221 e. The number of nitrogens with zero attached hydrogens (tertiary/aromatic N) is 3. The summed E-state index contributed by atoms with van der Waals surface area (Å²) >= 11 is 0. The maximum absolute atomic E-state index is 14.2. The molecular weight excluding hydrogens is 439 g/mol. The molecule has 0 saturated carbocycles. The Kier molecular flexibility index (Phi) is 6.43. The maximum atomic E-state index is 14.2. The number of carbonyl (C=O) groups excluding carboxylic acids is 1. The van der Waals surface area contributed by atoms with Gasteiger partial charge < -0.3 is 19.9 Å². The topological polar surface area (TPSA) is 109 Å². The highest BCUT2D eigenvalue weighted by molar-refractivity contribution is 6.06. The van der Waals surface area contributed by atoms with Crippen LogP contribution in [0.25, 0.3) is 10.9 Å². The number of nitrogen functional groups attached to an aromatic ring is 1. The van der Waals surface area contributed by atoms with Crippen molar-refractivity contribution in [3.8, 4) is 17.4 Å². The zero-order valence-electron chi connectivity index (χ0n) is 20.3. The Bertz CT molecular complexity index is 1390. The number of hydrogen-bond donors (Lipinski definition) is 1. The summed E-state index contributed by atoms with van der Waals surface area (Å²) in [4.78, 5) is 25.1. The van der Waals surface area contributed by atoms with Gasteiger partial charge in [0, 0.05) is 33.4 Å². The van der Waals surface area contributed by atoms with Crippen molar-refractivity contribution in [2.24, 2.45) is 0 Å². The van der Waals surface area contributed by atoms with Crippen molar-refractivity contribution in [3.63, 3.8) is 0 Å². The van der Waals surface area contributed by atoms with Crippen molar-refractivity contribution >= 4 is 22.6 Å². The van der Waals surface area contributed by atoms with Gasteiger partial charge in [-0.15, -0.1) is 0 Å². The number of halogens is 1. The number of para-hydroxylation sites is 1. The summed E-state index contributed by atoms with van der Waals surface area (Å²) in [5.74, 6) is -0.327. The number of hydrogen-bond acceptors (Lipinski definition) is 8. The molecule has 0 aliphatic heterocycles. The van der Waals surface area contributed by atoms with Crippen LogP contribution in [0, 0.1) is 5.82 Å². The Morgan fingerprint density at radius 2 is 1.76 bits per heavy atom. The first-order chi connectivity index (χ1) is 17.3. The molecule has 0 saturated heterocycles. The average molecular weight is 464 g/mol. The molecule has 0 fully saturated rings. The van der Waals surface area contributed by atoms with Crippen molar-refractivity contribution in [1.29, 1.82) is 0 Å². The molecule has 0 unspecified atom stereocenters. The molecule has 0 aliphatic rings. The summed E-state index contributed by atoms with van der Waals surface area (Å²) in [6.45, 7) is 0.887. The minimum absolute atomic E-state index is 0.00890. The molecule has 0 aliphatic carbocycles. The lowest BCUT2D eigenvalue weighted by molar-refractivity contribution is 0.0979. The van der Waals surface area contributed by atoms with E-state index in [0.717, 1.165) is 0 Å². The van der Waals surface area contributed by atoms with E-state index in [0.29, 0.717) is 24.7 Å². The third-order valence-electron chi connectivity index (χ3n) is 4.71. The van der Waals surface area contributed by atoms with Crippen LogP contribution in [-0.2, 0) is 11.1 Å². The van der Waals surface area contributed by atoms with E-state index in [-0.39, 0.29) is 34.1 Å². The molecule has 0 spiro atoms. The van der Waals surface area contributed by atoms with Crippen LogP contribution >= 0.6 is 0 Å². The highest BCUT2D eigenvalue weighted by atomic mass is 19.1. The first kappa shape index (κ1) is 20.5. The summed E-state index contributed by atoms with van der Waals surface area (Å²) in [7, 11) is 1.59. The van der Waals surface area contributed by atoms with Gasteiger partial charge in [-0.3, -0.25) is 4.79 Å². The largest absolute Gasteiger partial charge is 0.491 e. The molecule has 2 aromatic heterocycles. The summed E-state index contributed by atoms with van der Waals surface area (Å²) in [6, 6.07) is 15.6. The van der Waals surface area contributed by atoms with Gasteiger partial charge in [0.15, 0.2) is 5.78 Å². The summed E-state index contributed by atoms with van der Waals surface area (Å²) in [5.41, 5.74) is 5.40. The molecule has 174 valence electrons. The van der Waals surface area contributed by atoms with E-state index < -0.39 is 24.4 Å². The maximum Gasteiger partial charge on any atom is 0.221 e. The third kappa shape index (κ3) is 5.62. The summed E-state index contributed by atoms with van der Waals surface area (Å²) in [5, 5.41) is 0.157. The van der Waals surface area contributed by atoms with Crippen LogP contribution < -0.4 is 15.2 Å². The van der Waals surface area contributed by atoms with Crippen molar-refractivity contribution in [3.05, 3.63) is 77.9 Å². The molecule has 2 heterocycles. The van der Waals surface area contributed by atoms with Crippen LogP contribution in [0.5, 0.6) is 17.4 Å². The molecule has 0 atom stereocenters. The Morgan fingerprint density at radius 3 is 2.56 bits per heavy atom. The molecule has 0 amide bonds. The molecule has 8 nitrogen and oxygen atoms in total. The molecule has 2 N–H and O–H groups in total. The van der Waals surface area contributed by atoms with Crippen LogP contribution in [0.4, 0.5) is 10.3 Å². The van der Waals surface area contributed by atoms with Gasteiger partial charge in [-0.05, 0) is 42.8 Å². The number of anilines is 1. The molecule has 4 aromatic rings. The Hall–Kier alpha value is -4.11. The van der Waals surface area contributed by atoms with E-state index in [1.165, 1.54) is 24.3 Å². The first-order valence-electron chi connectivity index (χ1n) is 11.4. The SMILES string of the molecule is [2H]C([2H])(CC(=O)c1nc(N)nc2c(F)cccc12)c1cccc(Oc2ccc(OCCOC)cc2)n1. The lowest BCUT2D eigenvalue weighted by Gasteiger charge is -2.09. The molecule has 34 heavy (non-hydrogen) atoms. The normalized spacial score (nSPS) is 12.2. The second kappa shape index (κ2) is 10.7. The van der Waals surface area contributed by atoms with Gasteiger partial charge in [0.05, 0.1) is 6.61 Å². The van der Waals surface area contributed by atoms with E-state index in [1.54, 1.807) is 43.5 Å². The van der Waals surface area contributed by atoms with Crippen molar-refractivity contribution < 1.29 is 26.1 Å². The van der Waals surface area contributed by atoms with Gasteiger partial charge in [-0.1, -0.05) is 18.2 Å². The first-order valence-corrected chi connectivity index (χ1v) is 10.4. The van der Waals surface area contributed by atoms with Crippen LogP contribution in [0.1, 0.15) is 25.3 Å². The lowest BCUT2D eigenvalue weighted by atomic mass is 10.1. The number of aromatic nitrogens is 3. The molecule has 0 radical (unpaired) electrons. The number of ether oxygens (including phenoxy) is 3. The van der Waals surface area contributed by atoms with Crippen LogP contribution in [0.2, 0.25) is 0 Å². The number of ketones is 1.